The number of hydrogen-bond donors (Lipinski definition) is 1. The molecule has 2 rings (SSSR count). The molecule has 118 valence electrons. The fourth-order valence-electron chi connectivity index (χ4n) is 2.55. The first-order valence-corrected chi connectivity index (χ1v) is 9.10. The van der Waals surface area contributed by atoms with Gasteiger partial charge >= 0.3 is 0 Å². The number of ether oxygens (including phenoxy) is 1. The van der Waals surface area contributed by atoms with Gasteiger partial charge in [0.2, 0.25) is 10.0 Å². The van der Waals surface area contributed by atoms with Gasteiger partial charge in [-0.3, -0.25) is 4.79 Å². The minimum absolute atomic E-state index is 0.0464. The van der Waals surface area contributed by atoms with Crippen LogP contribution in [0.25, 0.3) is 0 Å². The molecule has 1 amide bonds. The van der Waals surface area contributed by atoms with E-state index in [4.69, 9.17) is 9.88 Å². The highest BCUT2D eigenvalue weighted by Gasteiger charge is 2.26. The second-order valence-corrected chi connectivity index (χ2v) is 8.05. The van der Waals surface area contributed by atoms with Crippen LogP contribution >= 0.6 is 11.3 Å². The number of nitrogens with zero attached hydrogens (tertiary/aromatic N) is 1. The maximum atomic E-state index is 12.4. The van der Waals surface area contributed by atoms with Crippen LogP contribution in [0.3, 0.4) is 0 Å². The molecule has 2 heterocycles. The maximum absolute atomic E-state index is 12.4. The SMILES string of the molecule is COCC1CCN(C(=O)c2cc(S(N)(=O)=O)c(C)s2)CC1. The lowest BCUT2D eigenvalue weighted by molar-refractivity contribution is 0.0618. The summed E-state index contributed by atoms with van der Waals surface area (Å²) in [6.45, 7) is 3.73. The highest BCUT2D eigenvalue weighted by molar-refractivity contribution is 7.89. The van der Waals surface area contributed by atoms with E-state index in [0.717, 1.165) is 19.4 Å². The minimum Gasteiger partial charge on any atom is -0.384 e. The van der Waals surface area contributed by atoms with Gasteiger partial charge in [0.1, 0.15) is 0 Å². The molecule has 0 radical (unpaired) electrons. The number of amides is 1. The number of likely N-dealkylation sites (tertiary alicyclic amines) is 1. The van der Waals surface area contributed by atoms with Crippen molar-refractivity contribution in [1.29, 1.82) is 0 Å². The largest absolute Gasteiger partial charge is 0.384 e. The predicted octanol–water partition coefficient (Wildman–Crippen LogP) is 1.20. The number of nitrogens with two attached hydrogens (primary N) is 1. The van der Waals surface area contributed by atoms with Crippen molar-refractivity contribution in [2.75, 3.05) is 26.8 Å². The summed E-state index contributed by atoms with van der Waals surface area (Å²) in [6, 6.07) is 1.39. The van der Waals surface area contributed by atoms with Crippen LogP contribution in [0.4, 0.5) is 0 Å². The van der Waals surface area contributed by atoms with Crippen molar-refractivity contribution >= 4 is 27.3 Å². The Bertz CT molecular complexity index is 616. The zero-order chi connectivity index (χ0) is 15.6. The van der Waals surface area contributed by atoms with Crippen LogP contribution in [0, 0.1) is 12.8 Å². The first-order chi connectivity index (χ1) is 9.82. The molecule has 0 saturated carbocycles. The molecular formula is C13H20N2O4S2. The Hall–Kier alpha value is -0.960. The van der Waals surface area contributed by atoms with Crippen molar-refractivity contribution in [2.45, 2.75) is 24.7 Å². The van der Waals surface area contributed by atoms with Crippen LogP contribution in [0.2, 0.25) is 0 Å². The molecule has 6 nitrogen and oxygen atoms in total. The summed E-state index contributed by atoms with van der Waals surface area (Å²) in [5.74, 6) is 0.373. The molecular weight excluding hydrogens is 312 g/mol. The number of thiophene rings is 1. The van der Waals surface area contributed by atoms with E-state index in [1.807, 2.05) is 0 Å². The van der Waals surface area contributed by atoms with Crippen molar-refractivity contribution < 1.29 is 17.9 Å². The van der Waals surface area contributed by atoms with E-state index >= 15 is 0 Å². The van der Waals surface area contributed by atoms with Crippen LogP contribution in [0.1, 0.15) is 27.4 Å². The quantitative estimate of drug-likeness (QED) is 0.897. The smallest absolute Gasteiger partial charge is 0.263 e. The number of methoxy groups -OCH3 is 1. The molecule has 0 bridgehead atoms. The molecule has 0 unspecified atom stereocenters. The van der Waals surface area contributed by atoms with Gasteiger partial charge in [-0.2, -0.15) is 0 Å². The molecule has 21 heavy (non-hydrogen) atoms. The number of rotatable bonds is 4. The molecule has 1 aliphatic heterocycles. The van der Waals surface area contributed by atoms with Crippen molar-refractivity contribution in [3.8, 4) is 0 Å². The number of piperidine rings is 1. The van der Waals surface area contributed by atoms with Gasteiger partial charge in [-0.15, -0.1) is 11.3 Å². The third-order valence-electron chi connectivity index (χ3n) is 3.69. The highest BCUT2D eigenvalue weighted by Crippen LogP contribution is 2.27. The van der Waals surface area contributed by atoms with Gasteiger partial charge in [0.05, 0.1) is 9.77 Å². The zero-order valence-electron chi connectivity index (χ0n) is 12.2. The Morgan fingerprint density at radius 2 is 2.10 bits per heavy atom. The van der Waals surface area contributed by atoms with Crippen LogP contribution in [-0.2, 0) is 14.8 Å². The summed E-state index contributed by atoms with van der Waals surface area (Å²) >= 11 is 1.18. The molecule has 1 aromatic rings. The number of aryl methyl sites for hydroxylation is 1. The molecule has 8 heteroatoms. The first-order valence-electron chi connectivity index (χ1n) is 6.74. The van der Waals surface area contributed by atoms with Crippen LogP contribution in [0.5, 0.6) is 0 Å². The standard InChI is InChI=1S/C13H20N2O4S2/c1-9-12(21(14,17)18)7-11(20-9)13(16)15-5-3-10(4-6-15)8-19-2/h7,10H,3-6,8H2,1-2H3,(H2,14,17,18). The molecule has 1 aromatic heterocycles. The number of carbonyl (C=O) groups excluding carboxylic acids is 1. The minimum atomic E-state index is -3.77. The predicted molar refractivity (Wildman–Crippen MR) is 80.9 cm³/mol. The van der Waals surface area contributed by atoms with E-state index in [1.165, 1.54) is 17.4 Å². The van der Waals surface area contributed by atoms with Gasteiger partial charge in [-0.1, -0.05) is 0 Å². The lowest BCUT2D eigenvalue weighted by Gasteiger charge is -2.31. The van der Waals surface area contributed by atoms with Crippen molar-refractivity contribution in [3.63, 3.8) is 0 Å². The van der Waals surface area contributed by atoms with Crippen LogP contribution in [0.15, 0.2) is 11.0 Å². The summed E-state index contributed by atoms with van der Waals surface area (Å²) in [5.41, 5.74) is 0. The van der Waals surface area contributed by atoms with Gasteiger partial charge in [-0.25, -0.2) is 13.6 Å². The van der Waals surface area contributed by atoms with Crippen LogP contribution < -0.4 is 5.14 Å². The van der Waals surface area contributed by atoms with E-state index in [2.05, 4.69) is 0 Å². The van der Waals surface area contributed by atoms with E-state index in [-0.39, 0.29) is 10.8 Å². The maximum Gasteiger partial charge on any atom is 0.263 e. The summed E-state index contributed by atoms with van der Waals surface area (Å²) < 4.78 is 28.0. The monoisotopic (exact) mass is 332 g/mol. The lowest BCUT2D eigenvalue weighted by atomic mass is 9.98. The van der Waals surface area contributed by atoms with E-state index in [1.54, 1.807) is 18.9 Å². The van der Waals surface area contributed by atoms with E-state index in [9.17, 15) is 13.2 Å². The zero-order valence-corrected chi connectivity index (χ0v) is 13.8. The van der Waals surface area contributed by atoms with E-state index in [0.29, 0.717) is 28.8 Å². The average molecular weight is 332 g/mol. The first kappa shape index (κ1) is 16.4. The number of hydrogen-bond acceptors (Lipinski definition) is 5. The third-order valence-corrected chi connectivity index (χ3v) is 5.90. The Morgan fingerprint density at radius 1 is 1.48 bits per heavy atom. The molecule has 0 aromatic carbocycles. The molecule has 0 aliphatic carbocycles. The molecule has 2 N–H and O–H groups in total. The Kier molecular flexibility index (Phi) is 5.03. The van der Waals surface area contributed by atoms with Gasteiger partial charge < -0.3 is 9.64 Å². The lowest BCUT2D eigenvalue weighted by Crippen LogP contribution is -2.39. The number of carbonyl (C=O) groups is 1. The normalized spacial score (nSPS) is 17.2. The average Bonchev–Trinajstić information content (AvgIpc) is 2.81. The fraction of sp³-hybridized carbons (Fsp3) is 0.615. The summed E-state index contributed by atoms with van der Waals surface area (Å²) in [4.78, 5) is 15.2. The van der Waals surface area contributed by atoms with Crippen LogP contribution in [-0.4, -0.2) is 46.0 Å². The summed E-state index contributed by atoms with van der Waals surface area (Å²) in [6.07, 6.45) is 1.82. The van der Waals surface area contributed by atoms with Crippen molar-refractivity contribution in [3.05, 3.63) is 15.8 Å². The van der Waals surface area contributed by atoms with Gasteiger partial charge in [-0.05, 0) is 31.7 Å². The number of primary sulfonamides is 1. The summed E-state index contributed by atoms with van der Waals surface area (Å²) in [7, 11) is -2.09. The molecule has 0 spiro atoms. The molecule has 1 fully saturated rings. The van der Waals surface area contributed by atoms with Gasteiger partial charge in [0.25, 0.3) is 5.91 Å². The molecule has 1 saturated heterocycles. The highest BCUT2D eigenvalue weighted by atomic mass is 32.2. The topological polar surface area (TPSA) is 89.7 Å². The van der Waals surface area contributed by atoms with Crippen molar-refractivity contribution in [1.82, 2.24) is 4.90 Å². The fourth-order valence-corrected chi connectivity index (χ4v) is 4.66. The Morgan fingerprint density at radius 3 is 2.57 bits per heavy atom. The third kappa shape index (κ3) is 3.82. The van der Waals surface area contributed by atoms with Gasteiger partial charge in [0, 0.05) is 31.7 Å². The second-order valence-electron chi connectivity index (χ2n) is 5.27. The Labute approximate surface area is 128 Å². The Balaban J connectivity index is 2.08. The van der Waals surface area contributed by atoms with E-state index < -0.39 is 10.0 Å². The molecule has 0 atom stereocenters. The second kappa shape index (κ2) is 6.43. The molecule has 1 aliphatic rings. The number of sulfonamides is 1. The van der Waals surface area contributed by atoms with Gasteiger partial charge in [0.15, 0.2) is 0 Å². The van der Waals surface area contributed by atoms with Crippen molar-refractivity contribution in [2.24, 2.45) is 11.1 Å². The summed E-state index contributed by atoms with van der Waals surface area (Å²) in [5, 5.41) is 5.14.